The zero-order valence-corrected chi connectivity index (χ0v) is 10.9. The summed E-state index contributed by atoms with van der Waals surface area (Å²) >= 11 is 0. The van der Waals surface area contributed by atoms with Gasteiger partial charge in [0.1, 0.15) is 5.75 Å². The van der Waals surface area contributed by atoms with Crippen molar-refractivity contribution in [2.24, 2.45) is 5.16 Å². The van der Waals surface area contributed by atoms with E-state index in [9.17, 15) is 4.79 Å². The average molecular weight is 250 g/mol. The molecule has 5 heteroatoms. The van der Waals surface area contributed by atoms with Gasteiger partial charge in [-0.3, -0.25) is 4.79 Å². The van der Waals surface area contributed by atoms with Crippen LogP contribution in [-0.4, -0.2) is 30.5 Å². The highest BCUT2D eigenvalue weighted by Gasteiger charge is 2.08. The minimum Gasteiger partial charge on any atom is -0.492 e. The Labute approximate surface area is 106 Å². The number of carbonyl (C=O) groups is 1. The van der Waals surface area contributed by atoms with E-state index in [1.54, 1.807) is 14.0 Å². The number of nitrogens with one attached hydrogen (secondary N) is 1. The Morgan fingerprint density at radius 2 is 2.22 bits per heavy atom. The monoisotopic (exact) mass is 250 g/mol. The second kappa shape index (κ2) is 6.64. The molecule has 0 saturated carbocycles. The van der Waals surface area contributed by atoms with Gasteiger partial charge in [0.25, 0.3) is 0 Å². The van der Waals surface area contributed by atoms with Gasteiger partial charge in [-0.1, -0.05) is 11.2 Å². The van der Waals surface area contributed by atoms with Crippen LogP contribution in [0.1, 0.15) is 24.5 Å². The van der Waals surface area contributed by atoms with E-state index in [1.165, 1.54) is 0 Å². The maximum absolute atomic E-state index is 11.1. The van der Waals surface area contributed by atoms with Crippen molar-refractivity contribution in [1.82, 2.24) is 5.32 Å². The zero-order valence-electron chi connectivity index (χ0n) is 10.9. The summed E-state index contributed by atoms with van der Waals surface area (Å²) in [4.78, 5) is 11.1. The van der Waals surface area contributed by atoms with Crippen molar-refractivity contribution in [1.29, 1.82) is 0 Å². The number of hydrogen-bond acceptors (Lipinski definition) is 4. The van der Waals surface area contributed by atoms with Crippen LogP contribution in [0.5, 0.6) is 5.75 Å². The van der Waals surface area contributed by atoms with E-state index in [-0.39, 0.29) is 12.5 Å². The predicted octanol–water partition coefficient (Wildman–Crippen LogP) is 1.71. The minimum atomic E-state index is -0.0725. The van der Waals surface area contributed by atoms with Crippen molar-refractivity contribution in [3.05, 3.63) is 29.3 Å². The van der Waals surface area contributed by atoms with E-state index in [0.717, 1.165) is 11.1 Å². The Balaban J connectivity index is 2.80. The smallest absolute Gasteiger partial charge is 0.223 e. The van der Waals surface area contributed by atoms with Crippen molar-refractivity contribution in [3.8, 4) is 5.75 Å². The molecule has 0 bridgehead atoms. The molecule has 1 aromatic carbocycles. The number of rotatable bonds is 5. The first-order valence-corrected chi connectivity index (χ1v) is 5.71. The standard InChI is InChI=1S/C13H18N2O3/c1-9-4-5-11(10(2)15-17)12(8-9)18-7-6-13(16)14-3/h4-5,8,17H,6-7H2,1-3H3,(H,14,16). The van der Waals surface area contributed by atoms with Gasteiger partial charge in [-0.2, -0.15) is 0 Å². The number of oxime groups is 1. The lowest BCUT2D eigenvalue weighted by Crippen LogP contribution is -2.20. The maximum Gasteiger partial charge on any atom is 0.223 e. The third-order valence-corrected chi connectivity index (χ3v) is 2.54. The molecule has 0 aliphatic heterocycles. The van der Waals surface area contributed by atoms with Crippen LogP contribution in [0.25, 0.3) is 0 Å². The zero-order chi connectivity index (χ0) is 13.5. The molecule has 98 valence electrons. The number of amides is 1. The lowest BCUT2D eigenvalue weighted by atomic mass is 10.1. The largest absolute Gasteiger partial charge is 0.492 e. The number of ether oxygens (including phenoxy) is 1. The van der Waals surface area contributed by atoms with Crippen LogP contribution in [0, 0.1) is 6.92 Å². The van der Waals surface area contributed by atoms with Crippen LogP contribution >= 0.6 is 0 Å². The van der Waals surface area contributed by atoms with Crippen LogP contribution in [0.4, 0.5) is 0 Å². The average Bonchev–Trinajstić information content (AvgIpc) is 2.37. The molecule has 0 saturated heterocycles. The fourth-order valence-electron chi connectivity index (χ4n) is 1.48. The fourth-order valence-corrected chi connectivity index (χ4v) is 1.48. The molecule has 18 heavy (non-hydrogen) atoms. The second-order valence-electron chi connectivity index (χ2n) is 3.96. The van der Waals surface area contributed by atoms with Crippen LogP contribution in [-0.2, 0) is 4.79 Å². The fraction of sp³-hybridized carbons (Fsp3) is 0.385. The van der Waals surface area contributed by atoms with E-state index in [0.29, 0.717) is 17.9 Å². The van der Waals surface area contributed by atoms with E-state index in [1.807, 2.05) is 25.1 Å². The van der Waals surface area contributed by atoms with Crippen LogP contribution in [0.15, 0.2) is 23.4 Å². The van der Waals surface area contributed by atoms with Gasteiger partial charge in [0, 0.05) is 12.6 Å². The Morgan fingerprint density at radius 1 is 1.50 bits per heavy atom. The van der Waals surface area contributed by atoms with Gasteiger partial charge in [-0.05, 0) is 31.5 Å². The Kier molecular flexibility index (Phi) is 5.17. The first kappa shape index (κ1) is 14.0. The van der Waals surface area contributed by atoms with E-state index >= 15 is 0 Å². The molecule has 2 N–H and O–H groups in total. The first-order chi connectivity index (χ1) is 8.58. The molecule has 1 rings (SSSR count). The number of aryl methyl sites for hydroxylation is 1. The number of carbonyl (C=O) groups excluding carboxylic acids is 1. The molecular weight excluding hydrogens is 232 g/mol. The highest BCUT2D eigenvalue weighted by atomic mass is 16.5. The SMILES string of the molecule is CNC(=O)CCOc1cc(C)ccc1C(C)=NO. The molecule has 5 nitrogen and oxygen atoms in total. The highest BCUT2D eigenvalue weighted by Crippen LogP contribution is 2.21. The Morgan fingerprint density at radius 3 is 2.83 bits per heavy atom. The molecule has 0 fully saturated rings. The van der Waals surface area contributed by atoms with Crippen molar-refractivity contribution < 1.29 is 14.7 Å². The molecule has 0 heterocycles. The minimum absolute atomic E-state index is 0.0725. The molecule has 1 aromatic rings. The van der Waals surface area contributed by atoms with Crippen molar-refractivity contribution >= 4 is 11.6 Å². The molecule has 0 radical (unpaired) electrons. The Hall–Kier alpha value is -2.04. The summed E-state index contributed by atoms with van der Waals surface area (Å²) in [5, 5.41) is 14.5. The normalized spacial score (nSPS) is 11.2. The van der Waals surface area contributed by atoms with Gasteiger partial charge in [-0.25, -0.2) is 0 Å². The highest BCUT2D eigenvalue weighted by molar-refractivity contribution is 6.00. The number of hydrogen-bond donors (Lipinski definition) is 2. The van der Waals surface area contributed by atoms with Gasteiger partial charge >= 0.3 is 0 Å². The van der Waals surface area contributed by atoms with Crippen molar-refractivity contribution in [2.45, 2.75) is 20.3 Å². The molecule has 0 aliphatic carbocycles. The summed E-state index contributed by atoms with van der Waals surface area (Å²) in [5.41, 5.74) is 2.24. The van der Waals surface area contributed by atoms with Gasteiger partial charge < -0.3 is 15.3 Å². The van der Waals surface area contributed by atoms with Crippen LogP contribution in [0.3, 0.4) is 0 Å². The van der Waals surface area contributed by atoms with Gasteiger partial charge in [0.2, 0.25) is 5.91 Å². The molecule has 0 spiro atoms. The summed E-state index contributed by atoms with van der Waals surface area (Å²) < 4.78 is 5.56. The summed E-state index contributed by atoms with van der Waals surface area (Å²) in [6.45, 7) is 3.92. The van der Waals surface area contributed by atoms with Gasteiger partial charge in [-0.15, -0.1) is 0 Å². The maximum atomic E-state index is 11.1. The van der Waals surface area contributed by atoms with Crippen molar-refractivity contribution in [2.75, 3.05) is 13.7 Å². The molecule has 0 atom stereocenters. The first-order valence-electron chi connectivity index (χ1n) is 5.71. The van der Waals surface area contributed by atoms with E-state index in [4.69, 9.17) is 9.94 Å². The molecule has 0 aliphatic rings. The predicted molar refractivity (Wildman–Crippen MR) is 69.4 cm³/mol. The van der Waals surface area contributed by atoms with Crippen LogP contribution in [0.2, 0.25) is 0 Å². The summed E-state index contributed by atoms with van der Waals surface area (Å²) in [7, 11) is 1.59. The number of benzene rings is 1. The topological polar surface area (TPSA) is 70.9 Å². The molecule has 0 aromatic heterocycles. The number of nitrogens with zero attached hydrogens (tertiary/aromatic N) is 1. The van der Waals surface area contributed by atoms with E-state index in [2.05, 4.69) is 10.5 Å². The molecule has 1 amide bonds. The third-order valence-electron chi connectivity index (χ3n) is 2.54. The van der Waals surface area contributed by atoms with Gasteiger partial charge in [0.15, 0.2) is 0 Å². The summed E-state index contributed by atoms with van der Waals surface area (Å²) in [6, 6.07) is 5.60. The Bertz CT molecular complexity index is 456. The summed E-state index contributed by atoms with van der Waals surface area (Å²) in [5.74, 6) is 0.547. The third kappa shape index (κ3) is 3.76. The molecule has 0 unspecified atom stereocenters. The van der Waals surface area contributed by atoms with Crippen LogP contribution < -0.4 is 10.1 Å². The van der Waals surface area contributed by atoms with Crippen molar-refractivity contribution in [3.63, 3.8) is 0 Å². The second-order valence-corrected chi connectivity index (χ2v) is 3.96. The lowest BCUT2D eigenvalue weighted by molar-refractivity contribution is -0.121. The lowest BCUT2D eigenvalue weighted by Gasteiger charge is -2.11. The summed E-state index contributed by atoms with van der Waals surface area (Å²) in [6.07, 6.45) is 0.291. The van der Waals surface area contributed by atoms with Gasteiger partial charge in [0.05, 0.1) is 18.7 Å². The molecular formula is C13H18N2O3. The quantitative estimate of drug-likeness (QED) is 0.475. The van der Waals surface area contributed by atoms with E-state index < -0.39 is 0 Å².